The molecule has 3 aromatic rings. The zero-order valence-corrected chi connectivity index (χ0v) is 17.5. The zero-order valence-electron chi connectivity index (χ0n) is 17.5. The van der Waals surface area contributed by atoms with E-state index in [1.807, 2.05) is 33.7 Å². The summed E-state index contributed by atoms with van der Waals surface area (Å²) in [6, 6.07) is 4.28. The van der Waals surface area contributed by atoms with E-state index in [1.165, 1.54) is 0 Å². The van der Waals surface area contributed by atoms with E-state index >= 15 is 0 Å². The van der Waals surface area contributed by atoms with Gasteiger partial charge in [0.2, 0.25) is 0 Å². The van der Waals surface area contributed by atoms with Gasteiger partial charge in [0.05, 0.1) is 35.5 Å². The third kappa shape index (κ3) is 3.53. The van der Waals surface area contributed by atoms with E-state index in [9.17, 15) is 5.26 Å². The Morgan fingerprint density at radius 1 is 1.40 bits per heavy atom. The van der Waals surface area contributed by atoms with Crippen molar-refractivity contribution in [3.8, 4) is 17.5 Å². The first-order valence-corrected chi connectivity index (χ1v) is 10.2. The molecule has 154 valence electrons. The van der Waals surface area contributed by atoms with Gasteiger partial charge in [-0.2, -0.15) is 10.4 Å². The molecule has 1 aliphatic heterocycles. The van der Waals surface area contributed by atoms with Crippen LogP contribution in [0.25, 0.3) is 22.6 Å². The topological polar surface area (TPSA) is 87.4 Å². The standard InChI is InChI=1S/C22H26N8/c1-4-28-10-6-22(5-8-23,7-11-28)30-16-18(15-26-30)21-27-19(17(2)14-24-3)13-20-25-9-12-29(20)21/h9,12-16H,2,4-7,10-11H2,1,3H3. The highest BCUT2D eigenvalue weighted by atomic mass is 15.3. The van der Waals surface area contributed by atoms with Crippen molar-refractivity contribution >= 4 is 17.4 Å². The van der Waals surface area contributed by atoms with Gasteiger partial charge in [-0.15, -0.1) is 0 Å². The molecule has 0 unspecified atom stereocenters. The molecule has 0 spiro atoms. The van der Waals surface area contributed by atoms with Crippen LogP contribution in [0, 0.1) is 11.3 Å². The zero-order chi connectivity index (χ0) is 21.1. The summed E-state index contributed by atoms with van der Waals surface area (Å²) in [7, 11) is 1.71. The second-order valence-corrected chi connectivity index (χ2v) is 7.70. The lowest BCUT2D eigenvalue weighted by molar-refractivity contribution is 0.106. The third-order valence-electron chi connectivity index (χ3n) is 5.97. The highest BCUT2D eigenvalue weighted by molar-refractivity contribution is 6.08. The molecule has 30 heavy (non-hydrogen) atoms. The molecular formula is C22H26N8. The number of likely N-dealkylation sites (tertiary alicyclic amines) is 1. The maximum absolute atomic E-state index is 9.50. The summed E-state index contributed by atoms with van der Waals surface area (Å²) in [5.41, 5.74) is 2.85. The highest BCUT2D eigenvalue weighted by Gasteiger charge is 2.37. The largest absolute Gasteiger partial charge is 0.303 e. The van der Waals surface area contributed by atoms with Gasteiger partial charge in [-0.3, -0.25) is 14.1 Å². The number of hydrogen-bond donors (Lipinski definition) is 0. The van der Waals surface area contributed by atoms with E-state index in [1.54, 1.807) is 19.5 Å². The maximum atomic E-state index is 9.50. The van der Waals surface area contributed by atoms with E-state index in [2.05, 4.69) is 39.5 Å². The van der Waals surface area contributed by atoms with Crippen molar-refractivity contribution in [1.82, 2.24) is 29.0 Å². The number of nitriles is 1. The molecule has 1 aliphatic rings. The lowest BCUT2D eigenvalue weighted by Gasteiger charge is -2.40. The Kier molecular flexibility index (Phi) is 5.46. The van der Waals surface area contributed by atoms with Crippen LogP contribution in [-0.4, -0.2) is 61.9 Å². The first kappa shape index (κ1) is 20.0. The number of hydrogen-bond acceptors (Lipinski definition) is 6. The summed E-state index contributed by atoms with van der Waals surface area (Å²) < 4.78 is 3.93. The summed E-state index contributed by atoms with van der Waals surface area (Å²) >= 11 is 0. The lowest BCUT2D eigenvalue weighted by atomic mass is 9.85. The van der Waals surface area contributed by atoms with Gasteiger partial charge in [0.15, 0.2) is 0 Å². The van der Waals surface area contributed by atoms with E-state index < -0.39 is 0 Å². The number of imidazole rings is 1. The first-order valence-electron chi connectivity index (χ1n) is 10.2. The highest BCUT2D eigenvalue weighted by Crippen LogP contribution is 2.34. The fourth-order valence-electron chi connectivity index (χ4n) is 4.13. The quantitative estimate of drug-likeness (QED) is 0.592. The number of fused-ring (bicyclic) bond motifs is 1. The van der Waals surface area contributed by atoms with Crippen molar-refractivity contribution in [3.63, 3.8) is 0 Å². The van der Waals surface area contributed by atoms with Crippen LogP contribution in [0.3, 0.4) is 0 Å². The molecule has 0 saturated carbocycles. The van der Waals surface area contributed by atoms with Gasteiger partial charge in [0.1, 0.15) is 11.5 Å². The van der Waals surface area contributed by atoms with Crippen LogP contribution >= 0.6 is 0 Å². The molecule has 3 aromatic heterocycles. The molecule has 0 atom stereocenters. The van der Waals surface area contributed by atoms with E-state index in [-0.39, 0.29) is 5.54 Å². The minimum Gasteiger partial charge on any atom is -0.303 e. The molecule has 4 rings (SSSR count). The summed E-state index contributed by atoms with van der Waals surface area (Å²) in [4.78, 5) is 15.7. The maximum Gasteiger partial charge on any atom is 0.149 e. The molecular weight excluding hydrogens is 376 g/mol. The minimum absolute atomic E-state index is 0.275. The molecule has 4 heterocycles. The van der Waals surface area contributed by atoms with Crippen molar-refractivity contribution in [2.24, 2.45) is 4.99 Å². The fourth-order valence-corrected chi connectivity index (χ4v) is 4.13. The molecule has 8 heteroatoms. The number of nitrogens with zero attached hydrogens (tertiary/aromatic N) is 8. The predicted octanol–water partition coefficient (Wildman–Crippen LogP) is 3.03. The van der Waals surface area contributed by atoms with Crippen LogP contribution in [0.4, 0.5) is 0 Å². The van der Waals surface area contributed by atoms with Crippen molar-refractivity contribution in [1.29, 1.82) is 5.26 Å². The monoisotopic (exact) mass is 402 g/mol. The number of aromatic nitrogens is 5. The van der Waals surface area contributed by atoms with Crippen LogP contribution in [0.2, 0.25) is 0 Å². The summed E-state index contributed by atoms with van der Waals surface area (Å²) in [6.07, 6.45) is 11.4. The molecule has 1 saturated heterocycles. The number of aliphatic imine (C=N–C) groups is 1. The number of rotatable bonds is 6. The Hall–Kier alpha value is -3.31. The van der Waals surface area contributed by atoms with Crippen molar-refractivity contribution in [3.05, 3.63) is 43.1 Å². The van der Waals surface area contributed by atoms with Crippen LogP contribution in [0.5, 0.6) is 0 Å². The summed E-state index contributed by atoms with van der Waals surface area (Å²) in [5, 5.41) is 14.2. The van der Waals surface area contributed by atoms with Gasteiger partial charge < -0.3 is 4.90 Å². The van der Waals surface area contributed by atoms with Gasteiger partial charge in [0.25, 0.3) is 0 Å². The van der Waals surface area contributed by atoms with Crippen LogP contribution in [-0.2, 0) is 5.54 Å². The van der Waals surface area contributed by atoms with Gasteiger partial charge in [-0.05, 0) is 19.4 Å². The van der Waals surface area contributed by atoms with Gasteiger partial charge in [0, 0.05) is 56.6 Å². The fraction of sp³-hybridized carbons (Fsp3) is 0.409. The average Bonchev–Trinajstić information content (AvgIpc) is 3.44. The van der Waals surface area contributed by atoms with Crippen LogP contribution < -0.4 is 0 Å². The van der Waals surface area contributed by atoms with Gasteiger partial charge in [-0.25, -0.2) is 9.97 Å². The van der Waals surface area contributed by atoms with Crippen molar-refractivity contribution in [2.45, 2.75) is 31.7 Å². The Morgan fingerprint density at radius 2 is 2.20 bits per heavy atom. The summed E-state index contributed by atoms with van der Waals surface area (Å²) in [5.74, 6) is 0.745. The average molecular weight is 403 g/mol. The Balaban J connectivity index is 1.75. The second-order valence-electron chi connectivity index (χ2n) is 7.70. The Bertz CT molecular complexity index is 1120. The van der Waals surface area contributed by atoms with Crippen LogP contribution in [0.15, 0.2) is 42.4 Å². The molecule has 0 aliphatic carbocycles. The third-order valence-corrected chi connectivity index (χ3v) is 5.97. The SMILES string of the molecule is C=C(C=NC)c1cc2nccn2c(-c2cnn(C3(CC#N)CCN(CC)CC3)c2)n1. The van der Waals surface area contributed by atoms with Crippen LogP contribution in [0.1, 0.15) is 31.9 Å². The molecule has 0 amide bonds. The van der Waals surface area contributed by atoms with Gasteiger partial charge >= 0.3 is 0 Å². The molecule has 0 N–H and O–H groups in total. The van der Waals surface area contributed by atoms with E-state index in [4.69, 9.17) is 4.98 Å². The summed E-state index contributed by atoms with van der Waals surface area (Å²) in [6.45, 7) is 9.22. The second kappa shape index (κ2) is 8.20. The van der Waals surface area contributed by atoms with E-state index in [0.29, 0.717) is 6.42 Å². The first-order chi connectivity index (χ1) is 14.6. The van der Waals surface area contributed by atoms with E-state index in [0.717, 1.165) is 60.8 Å². The number of piperidine rings is 1. The molecule has 0 bridgehead atoms. The Labute approximate surface area is 176 Å². The molecule has 8 nitrogen and oxygen atoms in total. The Morgan fingerprint density at radius 3 is 2.90 bits per heavy atom. The molecule has 0 radical (unpaired) electrons. The normalized spacial score (nSPS) is 16.8. The molecule has 1 fully saturated rings. The van der Waals surface area contributed by atoms with Crippen molar-refractivity contribution in [2.75, 3.05) is 26.7 Å². The predicted molar refractivity (Wildman–Crippen MR) is 117 cm³/mol. The smallest absolute Gasteiger partial charge is 0.149 e. The molecule has 0 aromatic carbocycles. The van der Waals surface area contributed by atoms with Gasteiger partial charge in [-0.1, -0.05) is 13.5 Å². The minimum atomic E-state index is -0.275. The lowest BCUT2D eigenvalue weighted by Crippen LogP contribution is -2.46. The number of allylic oxidation sites excluding steroid dienone is 1. The van der Waals surface area contributed by atoms with Crippen molar-refractivity contribution < 1.29 is 0 Å².